The highest BCUT2D eigenvalue weighted by molar-refractivity contribution is 9.11. The van der Waals surface area contributed by atoms with Crippen molar-refractivity contribution in [1.29, 1.82) is 0 Å². The fourth-order valence-electron chi connectivity index (χ4n) is 1.73. The van der Waals surface area contributed by atoms with E-state index in [4.69, 9.17) is 18.0 Å². The number of thiophene rings is 1. The first-order valence-corrected chi connectivity index (χ1v) is 8.81. The summed E-state index contributed by atoms with van der Waals surface area (Å²) in [6, 6.07) is 10.2. The molecular formula is C13H13BrN2S3. The van der Waals surface area contributed by atoms with Crippen LogP contribution in [0.15, 0.2) is 39.0 Å². The summed E-state index contributed by atoms with van der Waals surface area (Å²) in [5.41, 5.74) is 7.76. The molecule has 1 aromatic carbocycles. The molecule has 0 radical (unpaired) electrons. The number of benzene rings is 1. The maximum Gasteiger partial charge on any atom is 0.107 e. The van der Waals surface area contributed by atoms with Gasteiger partial charge in [-0.15, -0.1) is 23.1 Å². The second-order valence-corrected chi connectivity index (χ2v) is 7.64. The Bertz CT molecular complexity index is 595. The monoisotopic (exact) mass is 372 g/mol. The van der Waals surface area contributed by atoms with E-state index in [1.807, 2.05) is 24.5 Å². The molecular weight excluding hydrogens is 360 g/mol. The third-order valence-corrected chi connectivity index (χ3v) is 5.18. The Morgan fingerprint density at radius 3 is 2.79 bits per heavy atom. The summed E-state index contributed by atoms with van der Waals surface area (Å²) in [6.07, 6.45) is 2.03. The van der Waals surface area contributed by atoms with E-state index in [0.29, 0.717) is 4.99 Å². The van der Waals surface area contributed by atoms with Gasteiger partial charge in [-0.2, -0.15) is 0 Å². The maximum absolute atomic E-state index is 5.84. The smallest absolute Gasteiger partial charge is 0.107 e. The van der Waals surface area contributed by atoms with Crippen molar-refractivity contribution in [1.82, 2.24) is 0 Å². The van der Waals surface area contributed by atoms with Gasteiger partial charge in [-0.3, -0.25) is 0 Å². The van der Waals surface area contributed by atoms with Gasteiger partial charge in [-0.1, -0.05) is 18.3 Å². The molecule has 0 aliphatic heterocycles. The standard InChI is InChI=1S/C13H13BrN2S3/c1-18-10-4-2-3-9(12(10)13(15)17)16-7-8-5-6-11(14)19-8/h2-6,16H,7H2,1H3,(H2,15,17). The number of nitrogens with two attached hydrogens (primary N) is 1. The summed E-state index contributed by atoms with van der Waals surface area (Å²) >= 11 is 12.0. The van der Waals surface area contributed by atoms with E-state index >= 15 is 0 Å². The molecule has 6 heteroatoms. The number of rotatable bonds is 5. The first-order valence-electron chi connectivity index (χ1n) is 5.56. The Labute approximate surface area is 134 Å². The fourth-order valence-corrected chi connectivity index (χ4v) is 4.08. The Balaban J connectivity index is 2.22. The molecule has 2 nitrogen and oxygen atoms in total. The van der Waals surface area contributed by atoms with Gasteiger partial charge >= 0.3 is 0 Å². The topological polar surface area (TPSA) is 38.0 Å². The predicted octanol–water partition coefficient (Wildman–Crippen LogP) is 4.48. The van der Waals surface area contributed by atoms with Crippen LogP contribution in [0.4, 0.5) is 5.69 Å². The van der Waals surface area contributed by atoms with Crippen LogP contribution in [-0.2, 0) is 6.54 Å². The van der Waals surface area contributed by atoms with Crippen LogP contribution in [0, 0.1) is 0 Å². The first-order chi connectivity index (χ1) is 9.11. The minimum Gasteiger partial charge on any atom is -0.389 e. The summed E-state index contributed by atoms with van der Waals surface area (Å²) in [5.74, 6) is 0. The summed E-state index contributed by atoms with van der Waals surface area (Å²) in [5, 5.41) is 3.41. The van der Waals surface area contributed by atoms with Crippen molar-refractivity contribution in [2.45, 2.75) is 11.4 Å². The molecule has 2 aromatic rings. The summed E-state index contributed by atoms with van der Waals surface area (Å²) in [4.78, 5) is 2.79. The van der Waals surface area contributed by atoms with Crippen molar-refractivity contribution >= 4 is 61.9 Å². The predicted molar refractivity (Wildman–Crippen MR) is 93.5 cm³/mol. The quantitative estimate of drug-likeness (QED) is 0.599. The summed E-state index contributed by atoms with van der Waals surface area (Å²) in [7, 11) is 0. The second kappa shape index (κ2) is 6.74. The molecule has 0 spiro atoms. The lowest BCUT2D eigenvalue weighted by molar-refractivity contribution is 1.18. The van der Waals surface area contributed by atoms with E-state index in [2.05, 4.69) is 33.4 Å². The van der Waals surface area contributed by atoms with Crippen molar-refractivity contribution < 1.29 is 0 Å². The lowest BCUT2D eigenvalue weighted by Crippen LogP contribution is -2.14. The number of hydrogen-bond acceptors (Lipinski definition) is 4. The van der Waals surface area contributed by atoms with Gasteiger partial charge in [0, 0.05) is 27.6 Å². The van der Waals surface area contributed by atoms with Crippen molar-refractivity contribution in [2.24, 2.45) is 5.73 Å². The average molecular weight is 373 g/mol. The molecule has 2 rings (SSSR count). The van der Waals surface area contributed by atoms with Crippen molar-refractivity contribution in [3.05, 3.63) is 44.6 Å². The molecule has 1 aromatic heterocycles. The van der Waals surface area contributed by atoms with Crippen LogP contribution in [0.5, 0.6) is 0 Å². The Kier molecular flexibility index (Phi) is 5.27. The largest absolute Gasteiger partial charge is 0.389 e. The van der Waals surface area contributed by atoms with E-state index in [9.17, 15) is 0 Å². The van der Waals surface area contributed by atoms with Gasteiger partial charge in [-0.05, 0) is 46.5 Å². The van der Waals surface area contributed by atoms with Gasteiger partial charge in [0.15, 0.2) is 0 Å². The zero-order valence-electron chi connectivity index (χ0n) is 10.3. The number of halogens is 1. The van der Waals surface area contributed by atoms with Gasteiger partial charge in [0.1, 0.15) is 4.99 Å². The molecule has 19 heavy (non-hydrogen) atoms. The Morgan fingerprint density at radius 1 is 1.42 bits per heavy atom. The van der Waals surface area contributed by atoms with Crippen LogP contribution in [0.1, 0.15) is 10.4 Å². The highest BCUT2D eigenvalue weighted by Crippen LogP contribution is 2.28. The molecule has 1 heterocycles. The molecule has 0 bridgehead atoms. The fraction of sp³-hybridized carbons (Fsp3) is 0.154. The molecule has 100 valence electrons. The lowest BCUT2D eigenvalue weighted by Gasteiger charge is -2.13. The molecule has 3 N–H and O–H groups in total. The molecule has 0 saturated heterocycles. The molecule has 0 atom stereocenters. The first kappa shape index (κ1) is 14.8. The van der Waals surface area contributed by atoms with Crippen LogP contribution >= 0.6 is 51.2 Å². The average Bonchev–Trinajstić information content (AvgIpc) is 2.81. The van der Waals surface area contributed by atoms with Crippen LogP contribution in [0.2, 0.25) is 0 Å². The Hall–Kier alpha value is -0.560. The zero-order chi connectivity index (χ0) is 13.8. The number of thiocarbonyl (C=S) groups is 1. The minimum atomic E-state index is 0.430. The Morgan fingerprint density at radius 2 is 2.21 bits per heavy atom. The third-order valence-electron chi connectivity index (χ3n) is 2.57. The van der Waals surface area contributed by atoms with Crippen molar-refractivity contribution in [2.75, 3.05) is 11.6 Å². The van der Waals surface area contributed by atoms with Gasteiger partial charge < -0.3 is 11.1 Å². The number of anilines is 1. The lowest BCUT2D eigenvalue weighted by atomic mass is 10.1. The summed E-state index contributed by atoms with van der Waals surface area (Å²) < 4.78 is 1.14. The van der Waals surface area contributed by atoms with Crippen LogP contribution in [0.25, 0.3) is 0 Å². The van der Waals surface area contributed by atoms with Gasteiger partial charge in [-0.25, -0.2) is 0 Å². The minimum absolute atomic E-state index is 0.430. The highest BCUT2D eigenvalue weighted by Gasteiger charge is 2.10. The maximum atomic E-state index is 5.84. The summed E-state index contributed by atoms with van der Waals surface area (Å²) in [6.45, 7) is 0.768. The van der Waals surface area contributed by atoms with Crippen molar-refractivity contribution in [3.8, 4) is 0 Å². The molecule has 0 fully saturated rings. The molecule has 0 aliphatic rings. The van der Waals surface area contributed by atoms with E-state index in [0.717, 1.165) is 26.5 Å². The molecule has 0 unspecified atom stereocenters. The number of nitrogens with one attached hydrogen (secondary N) is 1. The van der Waals surface area contributed by atoms with Gasteiger partial charge in [0.2, 0.25) is 0 Å². The van der Waals surface area contributed by atoms with E-state index in [-0.39, 0.29) is 0 Å². The molecule has 0 saturated carbocycles. The van der Waals surface area contributed by atoms with Gasteiger partial charge in [0.05, 0.1) is 3.79 Å². The zero-order valence-corrected chi connectivity index (χ0v) is 14.3. The van der Waals surface area contributed by atoms with E-state index in [1.165, 1.54) is 4.88 Å². The highest BCUT2D eigenvalue weighted by atomic mass is 79.9. The van der Waals surface area contributed by atoms with Crippen LogP contribution in [-0.4, -0.2) is 11.2 Å². The number of hydrogen-bond donors (Lipinski definition) is 2. The third kappa shape index (κ3) is 3.72. The second-order valence-electron chi connectivity index (χ2n) is 3.81. The molecule has 0 aliphatic carbocycles. The molecule has 0 amide bonds. The SMILES string of the molecule is CSc1cccc(NCc2ccc(Br)s2)c1C(N)=S. The van der Waals surface area contributed by atoms with Crippen LogP contribution in [0.3, 0.4) is 0 Å². The van der Waals surface area contributed by atoms with Gasteiger partial charge in [0.25, 0.3) is 0 Å². The normalized spacial score (nSPS) is 10.4. The van der Waals surface area contributed by atoms with Crippen LogP contribution < -0.4 is 11.1 Å². The number of thioether (sulfide) groups is 1. The van der Waals surface area contributed by atoms with E-state index in [1.54, 1.807) is 23.1 Å². The van der Waals surface area contributed by atoms with Crippen molar-refractivity contribution in [3.63, 3.8) is 0 Å². The van der Waals surface area contributed by atoms with E-state index < -0.39 is 0 Å².